The van der Waals surface area contributed by atoms with Crippen LogP contribution in [-0.4, -0.2) is 66.7 Å². The van der Waals surface area contributed by atoms with Gasteiger partial charge in [0.1, 0.15) is 11.6 Å². The summed E-state index contributed by atoms with van der Waals surface area (Å²) in [6.45, 7) is 5.07. The van der Waals surface area contributed by atoms with E-state index in [1.807, 2.05) is 42.5 Å². The highest BCUT2D eigenvalue weighted by Crippen LogP contribution is 2.22. The Hall–Kier alpha value is -2.69. The third kappa shape index (κ3) is 6.66. The summed E-state index contributed by atoms with van der Waals surface area (Å²) in [5, 5.41) is 6.76. The van der Waals surface area contributed by atoms with Gasteiger partial charge in [0.15, 0.2) is 0 Å². The van der Waals surface area contributed by atoms with E-state index in [1.165, 1.54) is 11.5 Å². The average molecular weight is 531 g/mol. The van der Waals surface area contributed by atoms with Gasteiger partial charge in [-0.15, -0.1) is 0 Å². The summed E-state index contributed by atoms with van der Waals surface area (Å²) < 4.78 is 10.7. The predicted octanol–water partition coefficient (Wildman–Crippen LogP) is 3.84. The lowest BCUT2D eigenvalue weighted by molar-refractivity contribution is 0.240. The Kier molecular flexibility index (Phi) is 8.14. The Morgan fingerprint density at radius 3 is 2.76 bits per heavy atom. The first-order valence-corrected chi connectivity index (χ1v) is 12.4. The Labute approximate surface area is 206 Å². The Morgan fingerprint density at radius 2 is 1.97 bits per heavy atom. The average Bonchev–Trinajstić information content (AvgIpc) is 3.29. The minimum absolute atomic E-state index is 0.196. The third-order valence-corrected chi connectivity index (χ3v) is 6.94. The molecule has 0 spiro atoms. The van der Waals surface area contributed by atoms with E-state index < -0.39 is 0 Å². The van der Waals surface area contributed by atoms with Crippen molar-refractivity contribution in [3.05, 3.63) is 64.4 Å². The molecule has 1 aliphatic heterocycles. The number of benzene rings is 2. The number of aromatic nitrogens is 2. The highest BCUT2D eigenvalue weighted by molar-refractivity contribution is 9.10. The molecule has 1 fully saturated rings. The number of urea groups is 1. The number of hydrogen-bond acceptors (Lipinski definition) is 7. The number of methoxy groups -OCH3 is 1. The Morgan fingerprint density at radius 1 is 1.15 bits per heavy atom. The quantitative estimate of drug-likeness (QED) is 0.460. The van der Waals surface area contributed by atoms with Crippen LogP contribution in [0, 0.1) is 0 Å². The maximum atomic E-state index is 12.1. The van der Waals surface area contributed by atoms with Gasteiger partial charge in [-0.05, 0) is 45.8 Å². The number of hydrogen-bond donors (Lipinski definition) is 2. The topological polar surface area (TPSA) is 82.6 Å². The van der Waals surface area contributed by atoms with Crippen molar-refractivity contribution in [3.8, 4) is 5.75 Å². The molecule has 2 aromatic carbocycles. The fourth-order valence-electron chi connectivity index (χ4n) is 3.63. The highest BCUT2D eigenvalue weighted by atomic mass is 79.9. The number of rotatable bonds is 8. The van der Waals surface area contributed by atoms with Gasteiger partial charge in [0.05, 0.1) is 12.8 Å². The fraction of sp³-hybridized carbons (Fsp3) is 0.348. The molecule has 0 unspecified atom stereocenters. The molecule has 2 heterocycles. The van der Waals surface area contributed by atoms with E-state index >= 15 is 0 Å². The first-order chi connectivity index (χ1) is 16.1. The lowest BCUT2D eigenvalue weighted by Crippen LogP contribution is -2.48. The fourth-order valence-corrected chi connectivity index (χ4v) is 4.75. The van der Waals surface area contributed by atoms with Gasteiger partial charge >= 0.3 is 6.03 Å². The van der Waals surface area contributed by atoms with Crippen LogP contribution in [0.1, 0.15) is 11.4 Å². The number of ether oxygens (including phenoxy) is 1. The maximum Gasteiger partial charge on any atom is 0.319 e. The van der Waals surface area contributed by atoms with Gasteiger partial charge in [0.25, 0.3) is 0 Å². The van der Waals surface area contributed by atoms with E-state index in [0.29, 0.717) is 13.0 Å². The van der Waals surface area contributed by atoms with E-state index in [1.54, 1.807) is 7.11 Å². The molecule has 1 aromatic heterocycles. The molecule has 8 nitrogen and oxygen atoms in total. The lowest BCUT2D eigenvalue weighted by Gasteiger charge is -2.34. The summed E-state index contributed by atoms with van der Waals surface area (Å²) in [6, 6.07) is 15.4. The first-order valence-electron chi connectivity index (χ1n) is 10.8. The number of nitrogens with zero attached hydrogens (tertiary/aromatic N) is 4. The van der Waals surface area contributed by atoms with Gasteiger partial charge in [-0.3, -0.25) is 4.90 Å². The van der Waals surface area contributed by atoms with Crippen molar-refractivity contribution in [3.63, 3.8) is 0 Å². The molecule has 0 saturated carbocycles. The van der Waals surface area contributed by atoms with E-state index in [-0.39, 0.29) is 6.03 Å². The van der Waals surface area contributed by atoms with E-state index in [0.717, 1.165) is 65.2 Å². The summed E-state index contributed by atoms with van der Waals surface area (Å²) in [5.74, 6) is 1.69. The molecule has 174 valence electrons. The first kappa shape index (κ1) is 23.5. The molecular weight excluding hydrogens is 504 g/mol. The van der Waals surface area contributed by atoms with Gasteiger partial charge in [-0.25, -0.2) is 9.78 Å². The molecule has 3 aromatic rings. The van der Waals surface area contributed by atoms with Gasteiger partial charge in [-0.2, -0.15) is 4.37 Å². The van der Waals surface area contributed by atoms with E-state index in [9.17, 15) is 4.79 Å². The molecule has 33 heavy (non-hydrogen) atoms. The molecule has 1 aliphatic rings. The number of amides is 2. The van der Waals surface area contributed by atoms with Crippen LogP contribution in [0.2, 0.25) is 0 Å². The lowest BCUT2D eigenvalue weighted by atomic mass is 10.1. The molecule has 0 aliphatic carbocycles. The van der Waals surface area contributed by atoms with Crippen LogP contribution in [0.15, 0.2) is 53.0 Å². The number of para-hydroxylation sites is 1. The van der Waals surface area contributed by atoms with Crippen LogP contribution >= 0.6 is 27.5 Å². The Bertz CT molecular complexity index is 1070. The van der Waals surface area contributed by atoms with Crippen molar-refractivity contribution in [1.29, 1.82) is 0 Å². The van der Waals surface area contributed by atoms with Crippen molar-refractivity contribution in [2.45, 2.75) is 6.42 Å². The van der Waals surface area contributed by atoms with Crippen LogP contribution in [0.25, 0.3) is 0 Å². The van der Waals surface area contributed by atoms with Gasteiger partial charge in [-0.1, -0.05) is 24.3 Å². The number of halogens is 1. The number of nitrogens with one attached hydrogen (secondary N) is 2. The van der Waals surface area contributed by atoms with Gasteiger partial charge in [0, 0.05) is 61.7 Å². The number of carbonyl (C=O) groups is 1. The highest BCUT2D eigenvalue weighted by Gasteiger charge is 2.20. The Balaban J connectivity index is 1.18. The monoisotopic (exact) mass is 530 g/mol. The third-order valence-electron chi connectivity index (χ3n) is 5.43. The largest absolute Gasteiger partial charge is 0.497 e. The van der Waals surface area contributed by atoms with Crippen molar-refractivity contribution in [1.82, 2.24) is 19.6 Å². The number of piperazine rings is 1. The second kappa shape index (κ2) is 11.4. The number of carbonyl (C=O) groups excluding carboxylic acids is 1. The normalized spacial score (nSPS) is 14.2. The molecule has 2 amide bonds. The standard InChI is InChI=1S/C23H27BrN6O2S/c1-32-18-6-4-5-17(15-18)16-21-27-23(33-28-21)30-13-11-29(12-14-30)10-9-25-22(31)26-20-8-3-2-7-19(20)24/h2-8,15H,9-14,16H2,1H3,(H2,25,26,31). The van der Waals surface area contributed by atoms with Gasteiger partial charge in [0.2, 0.25) is 5.13 Å². The van der Waals surface area contributed by atoms with Crippen molar-refractivity contribution < 1.29 is 9.53 Å². The van der Waals surface area contributed by atoms with Crippen LogP contribution in [-0.2, 0) is 6.42 Å². The molecule has 0 bridgehead atoms. The zero-order chi connectivity index (χ0) is 23.0. The molecule has 2 N–H and O–H groups in total. The van der Waals surface area contributed by atoms with Crippen molar-refractivity contribution >= 4 is 44.3 Å². The second-order valence-corrected chi connectivity index (χ2v) is 9.30. The smallest absolute Gasteiger partial charge is 0.319 e. The van der Waals surface area contributed by atoms with Crippen LogP contribution in [0.4, 0.5) is 15.6 Å². The van der Waals surface area contributed by atoms with Crippen molar-refractivity contribution in [2.24, 2.45) is 0 Å². The van der Waals surface area contributed by atoms with Crippen LogP contribution < -0.4 is 20.3 Å². The minimum Gasteiger partial charge on any atom is -0.497 e. The second-order valence-electron chi connectivity index (χ2n) is 7.71. The molecule has 10 heteroatoms. The van der Waals surface area contributed by atoms with Gasteiger partial charge < -0.3 is 20.3 Å². The van der Waals surface area contributed by atoms with Crippen LogP contribution in [0.3, 0.4) is 0 Å². The molecule has 4 rings (SSSR count). The summed E-state index contributed by atoms with van der Waals surface area (Å²) in [4.78, 5) is 21.5. The number of anilines is 2. The summed E-state index contributed by atoms with van der Waals surface area (Å²) in [6.07, 6.45) is 0.695. The summed E-state index contributed by atoms with van der Waals surface area (Å²) >= 11 is 4.89. The SMILES string of the molecule is COc1cccc(Cc2nsc(N3CCN(CCNC(=O)Nc4ccccc4Br)CC3)n2)c1. The van der Waals surface area contributed by atoms with E-state index in [2.05, 4.69) is 46.8 Å². The summed E-state index contributed by atoms with van der Waals surface area (Å²) in [7, 11) is 1.67. The molecule has 0 atom stereocenters. The van der Waals surface area contributed by atoms with Crippen LogP contribution in [0.5, 0.6) is 5.75 Å². The predicted molar refractivity (Wildman–Crippen MR) is 136 cm³/mol. The summed E-state index contributed by atoms with van der Waals surface area (Å²) in [5.41, 5.74) is 1.89. The minimum atomic E-state index is -0.196. The molecular formula is C23H27BrN6O2S. The zero-order valence-electron chi connectivity index (χ0n) is 18.5. The maximum absolute atomic E-state index is 12.1. The van der Waals surface area contributed by atoms with E-state index in [4.69, 9.17) is 9.72 Å². The van der Waals surface area contributed by atoms with Crippen molar-refractivity contribution in [2.75, 3.05) is 56.6 Å². The molecule has 0 radical (unpaired) electrons. The molecule has 1 saturated heterocycles. The zero-order valence-corrected chi connectivity index (χ0v) is 20.9.